The Balaban J connectivity index is 2.69. The molecule has 0 amide bonds. The third-order valence-electron chi connectivity index (χ3n) is 0.371. The van der Waals surface area contributed by atoms with E-state index >= 15 is 0 Å². The minimum Gasteiger partial charge on any atom is -0.240 e. The average Bonchev–Trinajstić information content (AvgIpc) is 1.69. The highest BCUT2D eigenvalue weighted by atomic mass is 79.9. The second kappa shape index (κ2) is 6.14. The SMILES string of the molecule is COOCC=CBr. The lowest BCUT2D eigenvalue weighted by atomic mass is 10.7. The van der Waals surface area contributed by atoms with Crippen LogP contribution >= 0.6 is 15.9 Å². The van der Waals surface area contributed by atoms with Crippen molar-refractivity contribution in [2.75, 3.05) is 13.7 Å². The van der Waals surface area contributed by atoms with Gasteiger partial charge in [-0.25, -0.2) is 9.78 Å². The van der Waals surface area contributed by atoms with E-state index in [1.165, 1.54) is 7.11 Å². The zero-order valence-electron chi connectivity index (χ0n) is 4.06. The minimum atomic E-state index is 0.488. The Morgan fingerprint density at radius 3 is 2.86 bits per heavy atom. The molecule has 0 fully saturated rings. The van der Waals surface area contributed by atoms with Crippen molar-refractivity contribution in [2.24, 2.45) is 0 Å². The molecule has 0 aromatic heterocycles. The van der Waals surface area contributed by atoms with Gasteiger partial charge in [-0.05, 0) is 11.1 Å². The van der Waals surface area contributed by atoms with Gasteiger partial charge in [0.25, 0.3) is 0 Å². The lowest BCUT2D eigenvalue weighted by Gasteiger charge is -1.88. The molecule has 0 atom stereocenters. The summed E-state index contributed by atoms with van der Waals surface area (Å²) in [6, 6.07) is 0. The van der Waals surface area contributed by atoms with Gasteiger partial charge < -0.3 is 0 Å². The fourth-order valence-corrected chi connectivity index (χ4v) is 0.296. The molecule has 42 valence electrons. The van der Waals surface area contributed by atoms with E-state index in [4.69, 9.17) is 0 Å². The van der Waals surface area contributed by atoms with E-state index in [2.05, 4.69) is 25.7 Å². The Bertz CT molecular complexity index is 53.7. The summed E-state index contributed by atoms with van der Waals surface area (Å²) in [6.45, 7) is 0.488. The highest BCUT2D eigenvalue weighted by Crippen LogP contribution is 1.82. The average molecular weight is 167 g/mol. The van der Waals surface area contributed by atoms with E-state index in [0.717, 1.165) is 0 Å². The lowest BCUT2D eigenvalue weighted by Crippen LogP contribution is -1.85. The molecule has 2 nitrogen and oxygen atoms in total. The van der Waals surface area contributed by atoms with Crippen molar-refractivity contribution in [3.63, 3.8) is 0 Å². The van der Waals surface area contributed by atoms with Gasteiger partial charge in [-0.2, -0.15) is 0 Å². The molecule has 0 aliphatic carbocycles. The van der Waals surface area contributed by atoms with Crippen LogP contribution in [-0.2, 0) is 9.78 Å². The third kappa shape index (κ3) is 6.14. The molecule has 0 spiro atoms. The molecule has 0 aromatic carbocycles. The quantitative estimate of drug-likeness (QED) is 0.360. The lowest BCUT2D eigenvalue weighted by molar-refractivity contribution is -0.263. The van der Waals surface area contributed by atoms with Crippen LogP contribution in [0, 0.1) is 0 Å². The Morgan fingerprint density at radius 2 is 2.43 bits per heavy atom. The molecule has 0 heterocycles. The van der Waals surface area contributed by atoms with Gasteiger partial charge in [-0.1, -0.05) is 15.9 Å². The standard InChI is InChI=1S/C4H7BrO2/c1-6-7-4-2-3-5/h2-3H,4H2,1H3. The first-order chi connectivity index (χ1) is 3.41. The first-order valence-corrected chi connectivity index (χ1v) is 2.74. The second-order valence-electron chi connectivity index (χ2n) is 0.813. The Kier molecular flexibility index (Phi) is 6.26. The van der Waals surface area contributed by atoms with E-state index in [0.29, 0.717) is 6.61 Å². The van der Waals surface area contributed by atoms with E-state index in [-0.39, 0.29) is 0 Å². The van der Waals surface area contributed by atoms with Crippen LogP contribution in [-0.4, -0.2) is 13.7 Å². The van der Waals surface area contributed by atoms with Gasteiger partial charge >= 0.3 is 0 Å². The highest BCUT2D eigenvalue weighted by molar-refractivity contribution is 9.11. The second-order valence-corrected chi connectivity index (χ2v) is 1.34. The van der Waals surface area contributed by atoms with E-state index in [1.54, 1.807) is 11.1 Å². The molecule has 3 heteroatoms. The zero-order chi connectivity index (χ0) is 5.54. The van der Waals surface area contributed by atoms with Crippen LogP contribution in [0.25, 0.3) is 0 Å². The Morgan fingerprint density at radius 1 is 1.71 bits per heavy atom. The molecule has 0 bridgehead atoms. The van der Waals surface area contributed by atoms with Gasteiger partial charge in [0.1, 0.15) is 6.61 Å². The minimum absolute atomic E-state index is 0.488. The zero-order valence-corrected chi connectivity index (χ0v) is 5.64. The van der Waals surface area contributed by atoms with Gasteiger partial charge in [0, 0.05) is 0 Å². The number of hydrogen-bond donors (Lipinski definition) is 0. The predicted octanol–water partition coefficient (Wildman–Crippen LogP) is 1.47. The summed E-state index contributed by atoms with van der Waals surface area (Å²) in [5.41, 5.74) is 0. The maximum absolute atomic E-state index is 4.46. The smallest absolute Gasteiger partial charge is 0.101 e. The first-order valence-electron chi connectivity index (χ1n) is 1.82. The number of halogens is 1. The van der Waals surface area contributed by atoms with E-state index < -0.39 is 0 Å². The summed E-state index contributed by atoms with van der Waals surface area (Å²) in [5.74, 6) is 0. The van der Waals surface area contributed by atoms with Gasteiger partial charge in [0.2, 0.25) is 0 Å². The fourth-order valence-electron chi connectivity index (χ4n) is 0.144. The molecule has 7 heavy (non-hydrogen) atoms. The summed E-state index contributed by atoms with van der Waals surface area (Å²) in [7, 11) is 1.47. The highest BCUT2D eigenvalue weighted by Gasteiger charge is 1.71. The predicted molar refractivity (Wildman–Crippen MR) is 31.0 cm³/mol. The van der Waals surface area contributed by atoms with Crippen molar-refractivity contribution in [3.05, 3.63) is 11.1 Å². The van der Waals surface area contributed by atoms with Crippen molar-refractivity contribution in [1.29, 1.82) is 0 Å². The third-order valence-corrected chi connectivity index (χ3v) is 0.745. The van der Waals surface area contributed by atoms with Crippen LogP contribution in [0.4, 0.5) is 0 Å². The van der Waals surface area contributed by atoms with Gasteiger partial charge in [0.05, 0.1) is 7.11 Å². The van der Waals surface area contributed by atoms with Crippen molar-refractivity contribution >= 4 is 15.9 Å². The maximum Gasteiger partial charge on any atom is 0.101 e. The van der Waals surface area contributed by atoms with Crippen molar-refractivity contribution in [2.45, 2.75) is 0 Å². The fraction of sp³-hybridized carbons (Fsp3) is 0.500. The monoisotopic (exact) mass is 166 g/mol. The van der Waals surface area contributed by atoms with Crippen molar-refractivity contribution in [1.82, 2.24) is 0 Å². The molecule has 0 aliphatic heterocycles. The maximum atomic E-state index is 4.46. The van der Waals surface area contributed by atoms with Crippen LogP contribution in [0.3, 0.4) is 0 Å². The molecule has 0 N–H and O–H groups in total. The Hall–Kier alpha value is 0.140. The molecule has 0 radical (unpaired) electrons. The van der Waals surface area contributed by atoms with Gasteiger partial charge in [-0.3, -0.25) is 0 Å². The largest absolute Gasteiger partial charge is 0.240 e. The van der Waals surface area contributed by atoms with Crippen molar-refractivity contribution in [3.8, 4) is 0 Å². The molecule has 0 unspecified atom stereocenters. The van der Waals surface area contributed by atoms with Crippen LogP contribution in [0.2, 0.25) is 0 Å². The number of hydrogen-bond acceptors (Lipinski definition) is 2. The summed E-state index contributed by atoms with van der Waals surface area (Å²) in [4.78, 5) is 10.4. The van der Waals surface area contributed by atoms with Crippen LogP contribution in [0.5, 0.6) is 0 Å². The summed E-state index contributed by atoms with van der Waals surface area (Å²) >= 11 is 3.06. The van der Waals surface area contributed by atoms with Gasteiger partial charge in [-0.15, -0.1) is 0 Å². The molecular weight excluding hydrogens is 160 g/mol. The van der Waals surface area contributed by atoms with E-state index in [1.807, 2.05) is 0 Å². The molecular formula is C4H7BrO2. The van der Waals surface area contributed by atoms with Crippen molar-refractivity contribution < 1.29 is 9.78 Å². The van der Waals surface area contributed by atoms with Crippen LogP contribution in [0.15, 0.2) is 11.1 Å². The molecule has 0 saturated heterocycles. The first kappa shape index (κ1) is 7.14. The molecule has 0 rings (SSSR count). The molecule has 0 aliphatic rings. The summed E-state index contributed by atoms with van der Waals surface area (Å²) in [6.07, 6.45) is 1.78. The number of rotatable bonds is 3. The Labute approximate surface area is 51.2 Å². The van der Waals surface area contributed by atoms with Gasteiger partial charge in [0.15, 0.2) is 0 Å². The summed E-state index contributed by atoms with van der Waals surface area (Å²) in [5, 5.41) is 0. The van der Waals surface area contributed by atoms with E-state index in [9.17, 15) is 0 Å². The van der Waals surface area contributed by atoms with Crippen LogP contribution in [0.1, 0.15) is 0 Å². The summed E-state index contributed by atoms with van der Waals surface area (Å²) < 4.78 is 0. The molecule has 0 aromatic rings. The molecule has 0 saturated carbocycles. The normalized spacial score (nSPS) is 10.6. The topological polar surface area (TPSA) is 18.5 Å². The van der Waals surface area contributed by atoms with Crippen LogP contribution < -0.4 is 0 Å².